The molecule has 2 aromatic carbocycles. The molecule has 1 fully saturated rings. The third-order valence-electron chi connectivity index (χ3n) is 5.48. The third kappa shape index (κ3) is 4.45. The largest absolute Gasteiger partial charge is 0.497 e. The Morgan fingerprint density at radius 3 is 2.70 bits per heavy atom. The Labute approximate surface area is 176 Å². The highest BCUT2D eigenvalue weighted by molar-refractivity contribution is 5.80. The maximum Gasteiger partial charge on any atom is 0.324 e. The number of carbonyl (C=O) groups excluding carboxylic acids is 1. The average molecular weight is 406 g/mol. The van der Waals surface area contributed by atoms with E-state index in [0.717, 1.165) is 36.3 Å². The minimum atomic E-state index is -0.110. The van der Waals surface area contributed by atoms with Gasteiger partial charge in [-0.2, -0.15) is 4.98 Å². The lowest BCUT2D eigenvalue weighted by molar-refractivity contribution is -0.125. The van der Waals surface area contributed by atoms with E-state index in [1.807, 2.05) is 66.4 Å². The van der Waals surface area contributed by atoms with E-state index < -0.39 is 0 Å². The SMILES string of the molecule is COc1ccc(-c2noc(N3CCCC(C(=O)NC(C)c4ccccc4)C3)n2)cc1. The number of carbonyl (C=O) groups is 1. The van der Waals surface area contributed by atoms with Crippen LogP contribution >= 0.6 is 0 Å². The summed E-state index contributed by atoms with van der Waals surface area (Å²) in [7, 11) is 1.63. The Hall–Kier alpha value is -3.35. The van der Waals surface area contributed by atoms with Gasteiger partial charge >= 0.3 is 6.01 Å². The highest BCUT2D eigenvalue weighted by Crippen LogP contribution is 2.26. The number of ether oxygens (including phenoxy) is 1. The number of anilines is 1. The zero-order valence-electron chi connectivity index (χ0n) is 17.2. The number of rotatable bonds is 6. The Balaban J connectivity index is 1.40. The first-order valence-electron chi connectivity index (χ1n) is 10.2. The fraction of sp³-hybridized carbons (Fsp3) is 0.348. The molecule has 156 valence electrons. The first-order valence-corrected chi connectivity index (χ1v) is 10.2. The van der Waals surface area contributed by atoms with Crippen molar-refractivity contribution in [1.82, 2.24) is 15.5 Å². The van der Waals surface area contributed by atoms with Gasteiger partial charge in [0.1, 0.15) is 5.75 Å². The number of nitrogens with one attached hydrogen (secondary N) is 1. The summed E-state index contributed by atoms with van der Waals surface area (Å²) in [5.74, 6) is 1.25. The second kappa shape index (κ2) is 8.98. The number of aromatic nitrogens is 2. The predicted molar refractivity (Wildman–Crippen MR) is 114 cm³/mol. The van der Waals surface area contributed by atoms with Crippen molar-refractivity contribution in [2.24, 2.45) is 5.92 Å². The smallest absolute Gasteiger partial charge is 0.324 e. The molecular weight excluding hydrogens is 380 g/mol. The van der Waals surface area contributed by atoms with Gasteiger partial charge in [0.2, 0.25) is 11.7 Å². The second-order valence-electron chi connectivity index (χ2n) is 7.56. The predicted octanol–water partition coefficient (Wildman–Crippen LogP) is 3.84. The van der Waals surface area contributed by atoms with Crippen LogP contribution in [0.3, 0.4) is 0 Å². The van der Waals surface area contributed by atoms with Gasteiger partial charge in [-0.1, -0.05) is 35.5 Å². The molecule has 7 nitrogen and oxygen atoms in total. The van der Waals surface area contributed by atoms with Crippen LogP contribution in [-0.2, 0) is 4.79 Å². The van der Waals surface area contributed by atoms with Gasteiger partial charge in [-0.25, -0.2) is 0 Å². The molecule has 1 aliphatic rings. The lowest BCUT2D eigenvalue weighted by Gasteiger charge is -2.31. The summed E-state index contributed by atoms with van der Waals surface area (Å²) in [6, 6.07) is 17.9. The Morgan fingerprint density at radius 1 is 1.20 bits per heavy atom. The van der Waals surface area contributed by atoms with Gasteiger partial charge in [-0.15, -0.1) is 0 Å². The van der Waals surface area contributed by atoms with Gasteiger partial charge in [0, 0.05) is 18.7 Å². The monoisotopic (exact) mass is 406 g/mol. The van der Waals surface area contributed by atoms with Gasteiger partial charge in [0.25, 0.3) is 0 Å². The fourth-order valence-electron chi connectivity index (χ4n) is 3.72. The topological polar surface area (TPSA) is 80.5 Å². The van der Waals surface area contributed by atoms with E-state index in [1.165, 1.54) is 0 Å². The number of hydrogen-bond acceptors (Lipinski definition) is 6. The summed E-state index contributed by atoms with van der Waals surface area (Å²) in [6.07, 6.45) is 1.75. The van der Waals surface area contributed by atoms with Crippen molar-refractivity contribution in [3.8, 4) is 17.1 Å². The van der Waals surface area contributed by atoms with Crippen molar-refractivity contribution in [3.05, 3.63) is 60.2 Å². The van der Waals surface area contributed by atoms with Crippen LogP contribution in [0.25, 0.3) is 11.4 Å². The van der Waals surface area contributed by atoms with E-state index in [1.54, 1.807) is 7.11 Å². The maximum atomic E-state index is 12.8. The van der Waals surface area contributed by atoms with Crippen molar-refractivity contribution >= 4 is 11.9 Å². The van der Waals surface area contributed by atoms with Crippen LogP contribution in [0.5, 0.6) is 5.75 Å². The molecular formula is C23H26N4O3. The van der Waals surface area contributed by atoms with Crippen molar-refractivity contribution in [1.29, 1.82) is 0 Å². The molecule has 0 spiro atoms. The zero-order chi connectivity index (χ0) is 20.9. The molecule has 3 aromatic rings. The minimum Gasteiger partial charge on any atom is -0.497 e. The van der Waals surface area contributed by atoms with E-state index in [2.05, 4.69) is 15.5 Å². The van der Waals surface area contributed by atoms with Crippen LogP contribution in [-0.4, -0.2) is 36.2 Å². The fourth-order valence-corrected chi connectivity index (χ4v) is 3.72. The molecule has 1 aliphatic heterocycles. The maximum absolute atomic E-state index is 12.8. The molecule has 30 heavy (non-hydrogen) atoms. The van der Waals surface area contributed by atoms with E-state index in [-0.39, 0.29) is 17.9 Å². The molecule has 1 saturated heterocycles. The van der Waals surface area contributed by atoms with Crippen LogP contribution in [0.4, 0.5) is 6.01 Å². The molecule has 1 N–H and O–H groups in total. The van der Waals surface area contributed by atoms with E-state index >= 15 is 0 Å². The molecule has 0 saturated carbocycles. The van der Waals surface area contributed by atoms with Gasteiger partial charge in [-0.3, -0.25) is 4.79 Å². The Morgan fingerprint density at radius 2 is 1.97 bits per heavy atom. The zero-order valence-corrected chi connectivity index (χ0v) is 17.2. The summed E-state index contributed by atoms with van der Waals surface area (Å²) in [5, 5.41) is 7.24. The molecule has 7 heteroatoms. The van der Waals surface area contributed by atoms with Crippen LogP contribution in [0.2, 0.25) is 0 Å². The van der Waals surface area contributed by atoms with Crippen LogP contribution in [0, 0.1) is 5.92 Å². The summed E-state index contributed by atoms with van der Waals surface area (Å²) in [6.45, 7) is 3.37. The standard InChI is InChI=1S/C23H26N4O3/c1-16(17-7-4-3-5-8-17)24-22(28)19-9-6-14-27(15-19)23-25-21(26-30-23)18-10-12-20(29-2)13-11-18/h3-5,7-8,10-13,16,19H,6,9,14-15H2,1-2H3,(H,24,28). The number of nitrogens with zero attached hydrogens (tertiary/aromatic N) is 3. The third-order valence-corrected chi connectivity index (χ3v) is 5.48. The lowest BCUT2D eigenvalue weighted by Crippen LogP contribution is -2.43. The Kier molecular flexibility index (Phi) is 5.97. The van der Waals surface area contributed by atoms with Crippen molar-refractivity contribution in [2.75, 3.05) is 25.1 Å². The van der Waals surface area contributed by atoms with Crippen LogP contribution in [0.15, 0.2) is 59.1 Å². The minimum absolute atomic E-state index is 0.0286. The summed E-state index contributed by atoms with van der Waals surface area (Å²) >= 11 is 0. The number of methoxy groups -OCH3 is 1. The summed E-state index contributed by atoms with van der Waals surface area (Å²) in [5.41, 5.74) is 1.95. The number of piperidine rings is 1. The quantitative estimate of drug-likeness (QED) is 0.670. The molecule has 0 bridgehead atoms. The van der Waals surface area contributed by atoms with Crippen LogP contribution in [0.1, 0.15) is 31.4 Å². The highest BCUT2D eigenvalue weighted by Gasteiger charge is 2.29. The number of benzene rings is 2. The molecule has 1 amide bonds. The molecule has 1 aromatic heterocycles. The number of hydrogen-bond donors (Lipinski definition) is 1. The molecule has 0 aliphatic carbocycles. The molecule has 4 rings (SSSR count). The van der Waals surface area contributed by atoms with Gasteiger partial charge in [0.15, 0.2) is 0 Å². The van der Waals surface area contributed by atoms with E-state index in [0.29, 0.717) is 18.4 Å². The molecule has 2 atom stereocenters. The summed E-state index contributed by atoms with van der Waals surface area (Å²) < 4.78 is 10.7. The molecule has 0 radical (unpaired) electrons. The molecule has 2 heterocycles. The highest BCUT2D eigenvalue weighted by atomic mass is 16.5. The van der Waals surface area contributed by atoms with E-state index in [9.17, 15) is 4.79 Å². The Bertz CT molecular complexity index is 972. The second-order valence-corrected chi connectivity index (χ2v) is 7.56. The van der Waals surface area contributed by atoms with Gasteiger partial charge in [0.05, 0.1) is 19.1 Å². The number of amides is 1. The van der Waals surface area contributed by atoms with Crippen molar-refractivity contribution in [2.45, 2.75) is 25.8 Å². The van der Waals surface area contributed by atoms with Gasteiger partial charge < -0.3 is 19.5 Å². The van der Waals surface area contributed by atoms with Crippen molar-refractivity contribution in [3.63, 3.8) is 0 Å². The summed E-state index contributed by atoms with van der Waals surface area (Å²) in [4.78, 5) is 19.4. The van der Waals surface area contributed by atoms with Gasteiger partial charge in [-0.05, 0) is 49.6 Å². The van der Waals surface area contributed by atoms with E-state index in [4.69, 9.17) is 9.26 Å². The van der Waals surface area contributed by atoms with Crippen molar-refractivity contribution < 1.29 is 14.1 Å². The van der Waals surface area contributed by atoms with Crippen LogP contribution < -0.4 is 15.0 Å². The average Bonchev–Trinajstić information content (AvgIpc) is 3.30. The first-order chi connectivity index (χ1) is 14.6. The molecule has 2 unspecified atom stereocenters. The lowest BCUT2D eigenvalue weighted by atomic mass is 9.96. The normalized spacial score (nSPS) is 17.4. The first kappa shape index (κ1) is 19.9.